The number of likely N-dealkylation sites (N-methyl/N-ethyl adjacent to an activating group) is 1. The minimum atomic E-state index is -0.313. The standard InChI is InChI=1S/C11H16BrFN2O/c1-3-16-5-4-15(2)11-7-9(13)8(12)6-10(11)14/h6-7H,3-5,14H2,1-2H3. The van der Waals surface area contributed by atoms with Crippen LogP contribution in [0.3, 0.4) is 0 Å². The van der Waals surface area contributed by atoms with Gasteiger partial charge in [0.2, 0.25) is 0 Å². The fraction of sp³-hybridized carbons (Fsp3) is 0.455. The number of ether oxygens (including phenoxy) is 1. The van der Waals surface area contributed by atoms with Crippen LogP contribution in [-0.4, -0.2) is 26.8 Å². The maximum absolute atomic E-state index is 13.3. The van der Waals surface area contributed by atoms with E-state index in [-0.39, 0.29) is 5.82 Å². The molecule has 0 aliphatic rings. The van der Waals surface area contributed by atoms with E-state index in [1.54, 1.807) is 6.07 Å². The average Bonchev–Trinajstić information content (AvgIpc) is 2.23. The van der Waals surface area contributed by atoms with E-state index in [4.69, 9.17) is 10.5 Å². The molecule has 1 aromatic rings. The third-order valence-corrected chi connectivity index (χ3v) is 2.86. The minimum absolute atomic E-state index is 0.313. The Morgan fingerprint density at radius 1 is 1.50 bits per heavy atom. The molecule has 0 unspecified atom stereocenters. The van der Waals surface area contributed by atoms with Gasteiger partial charge in [0.05, 0.1) is 22.5 Å². The summed E-state index contributed by atoms with van der Waals surface area (Å²) in [5, 5.41) is 0. The first kappa shape index (κ1) is 13.3. The van der Waals surface area contributed by atoms with Crippen LogP contribution in [0.15, 0.2) is 16.6 Å². The van der Waals surface area contributed by atoms with Crippen LogP contribution in [-0.2, 0) is 4.74 Å². The number of rotatable bonds is 5. The van der Waals surface area contributed by atoms with Crippen molar-refractivity contribution >= 4 is 27.3 Å². The zero-order chi connectivity index (χ0) is 12.1. The van der Waals surface area contributed by atoms with Crippen molar-refractivity contribution in [2.24, 2.45) is 0 Å². The van der Waals surface area contributed by atoms with E-state index in [1.807, 2.05) is 18.9 Å². The Labute approximate surface area is 104 Å². The van der Waals surface area contributed by atoms with E-state index in [0.29, 0.717) is 35.6 Å². The van der Waals surface area contributed by atoms with Gasteiger partial charge < -0.3 is 15.4 Å². The molecule has 0 atom stereocenters. The molecule has 0 bridgehead atoms. The Kier molecular flexibility index (Phi) is 5.02. The Morgan fingerprint density at radius 2 is 2.19 bits per heavy atom. The van der Waals surface area contributed by atoms with Crippen LogP contribution in [0.1, 0.15) is 6.92 Å². The van der Waals surface area contributed by atoms with Gasteiger partial charge in [0.15, 0.2) is 0 Å². The number of nitrogens with zero attached hydrogens (tertiary/aromatic N) is 1. The van der Waals surface area contributed by atoms with Crippen LogP contribution in [0.4, 0.5) is 15.8 Å². The highest BCUT2D eigenvalue weighted by atomic mass is 79.9. The fourth-order valence-electron chi connectivity index (χ4n) is 1.35. The molecule has 90 valence electrons. The number of nitrogen functional groups attached to an aromatic ring is 1. The van der Waals surface area contributed by atoms with Crippen LogP contribution in [0.25, 0.3) is 0 Å². The van der Waals surface area contributed by atoms with Crippen LogP contribution in [0, 0.1) is 5.82 Å². The van der Waals surface area contributed by atoms with Crippen molar-refractivity contribution in [1.29, 1.82) is 0 Å². The lowest BCUT2D eigenvalue weighted by molar-refractivity contribution is 0.154. The second-order valence-electron chi connectivity index (χ2n) is 3.44. The monoisotopic (exact) mass is 290 g/mol. The Bertz CT molecular complexity index is 360. The molecule has 0 heterocycles. The zero-order valence-electron chi connectivity index (χ0n) is 9.46. The Balaban J connectivity index is 2.75. The molecule has 0 spiro atoms. The van der Waals surface area contributed by atoms with Gasteiger partial charge in [0, 0.05) is 26.3 Å². The summed E-state index contributed by atoms with van der Waals surface area (Å²) in [6.07, 6.45) is 0. The van der Waals surface area contributed by atoms with Gasteiger partial charge in [-0.25, -0.2) is 4.39 Å². The molecule has 2 N–H and O–H groups in total. The van der Waals surface area contributed by atoms with Gasteiger partial charge >= 0.3 is 0 Å². The number of nitrogens with two attached hydrogens (primary N) is 1. The predicted octanol–water partition coefficient (Wildman–Crippen LogP) is 2.64. The molecule has 0 aliphatic carbocycles. The van der Waals surface area contributed by atoms with Crippen LogP contribution >= 0.6 is 15.9 Å². The lowest BCUT2D eigenvalue weighted by Crippen LogP contribution is -2.23. The van der Waals surface area contributed by atoms with E-state index in [0.717, 1.165) is 0 Å². The van der Waals surface area contributed by atoms with Gasteiger partial charge in [-0.2, -0.15) is 0 Å². The van der Waals surface area contributed by atoms with Gasteiger partial charge in [0.25, 0.3) is 0 Å². The first-order chi connectivity index (χ1) is 7.56. The van der Waals surface area contributed by atoms with E-state index >= 15 is 0 Å². The van der Waals surface area contributed by atoms with Gasteiger partial charge in [0.1, 0.15) is 5.82 Å². The van der Waals surface area contributed by atoms with Crippen LogP contribution in [0.5, 0.6) is 0 Å². The van der Waals surface area contributed by atoms with Crippen LogP contribution < -0.4 is 10.6 Å². The molecule has 5 heteroatoms. The average molecular weight is 291 g/mol. The molecular formula is C11H16BrFN2O. The van der Waals surface area contributed by atoms with Crippen LogP contribution in [0.2, 0.25) is 0 Å². The Hall–Kier alpha value is -0.810. The van der Waals surface area contributed by atoms with Crippen molar-refractivity contribution in [2.45, 2.75) is 6.92 Å². The van der Waals surface area contributed by atoms with Gasteiger partial charge in [-0.05, 0) is 28.9 Å². The highest BCUT2D eigenvalue weighted by molar-refractivity contribution is 9.10. The largest absolute Gasteiger partial charge is 0.397 e. The third-order valence-electron chi connectivity index (χ3n) is 2.26. The summed E-state index contributed by atoms with van der Waals surface area (Å²) < 4.78 is 19.0. The van der Waals surface area contributed by atoms with Crippen molar-refractivity contribution in [1.82, 2.24) is 0 Å². The summed E-state index contributed by atoms with van der Waals surface area (Å²) in [4.78, 5) is 1.88. The van der Waals surface area contributed by atoms with Crippen molar-refractivity contribution < 1.29 is 9.13 Å². The van der Waals surface area contributed by atoms with Crippen molar-refractivity contribution in [3.05, 3.63) is 22.4 Å². The lowest BCUT2D eigenvalue weighted by Gasteiger charge is -2.21. The van der Waals surface area contributed by atoms with Gasteiger partial charge in [-0.15, -0.1) is 0 Å². The molecule has 0 radical (unpaired) electrons. The molecule has 1 rings (SSSR count). The van der Waals surface area contributed by atoms with E-state index in [1.165, 1.54) is 6.07 Å². The van der Waals surface area contributed by atoms with Gasteiger partial charge in [-0.1, -0.05) is 0 Å². The maximum atomic E-state index is 13.3. The van der Waals surface area contributed by atoms with Crippen molar-refractivity contribution in [2.75, 3.05) is 37.4 Å². The summed E-state index contributed by atoms with van der Waals surface area (Å²) in [6, 6.07) is 2.99. The molecule has 1 aromatic carbocycles. The molecule has 0 fully saturated rings. The van der Waals surface area contributed by atoms with Crippen molar-refractivity contribution in [3.8, 4) is 0 Å². The normalized spacial score (nSPS) is 10.5. The summed E-state index contributed by atoms with van der Waals surface area (Å²) >= 11 is 3.09. The molecule has 3 nitrogen and oxygen atoms in total. The van der Waals surface area contributed by atoms with E-state index in [2.05, 4.69) is 15.9 Å². The SMILES string of the molecule is CCOCCN(C)c1cc(F)c(Br)cc1N. The molecule has 0 saturated heterocycles. The number of hydrogen-bond donors (Lipinski definition) is 1. The summed E-state index contributed by atoms with van der Waals surface area (Å²) in [5.74, 6) is -0.313. The highest BCUT2D eigenvalue weighted by Gasteiger charge is 2.09. The van der Waals surface area contributed by atoms with Crippen molar-refractivity contribution in [3.63, 3.8) is 0 Å². The first-order valence-electron chi connectivity index (χ1n) is 5.09. The van der Waals surface area contributed by atoms with E-state index in [9.17, 15) is 4.39 Å². The maximum Gasteiger partial charge on any atom is 0.139 e. The summed E-state index contributed by atoms with van der Waals surface area (Å²) in [6.45, 7) is 3.90. The highest BCUT2D eigenvalue weighted by Crippen LogP contribution is 2.28. The number of halogens is 2. The predicted molar refractivity (Wildman–Crippen MR) is 68.3 cm³/mol. The zero-order valence-corrected chi connectivity index (χ0v) is 11.1. The number of anilines is 2. The second-order valence-corrected chi connectivity index (χ2v) is 4.30. The smallest absolute Gasteiger partial charge is 0.139 e. The Morgan fingerprint density at radius 3 is 2.81 bits per heavy atom. The van der Waals surface area contributed by atoms with E-state index < -0.39 is 0 Å². The number of benzene rings is 1. The van der Waals surface area contributed by atoms with Gasteiger partial charge in [-0.3, -0.25) is 0 Å². The molecule has 0 aromatic heterocycles. The minimum Gasteiger partial charge on any atom is -0.397 e. The number of hydrogen-bond acceptors (Lipinski definition) is 3. The fourth-order valence-corrected chi connectivity index (χ4v) is 1.71. The molecule has 0 amide bonds. The first-order valence-corrected chi connectivity index (χ1v) is 5.89. The molecule has 16 heavy (non-hydrogen) atoms. The molecule has 0 saturated carbocycles. The summed E-state index contributed by atoms with van der Waals surface area (Å²) in [7, 11) is 1.86. The lowest BCUT2D eigenvalue weighted by atomic mass is 10.2. The third kappa shape index (κ3) is 3.35. The second kappa shape index (κ2) is 6.06. The molecule has 0 aliphatic heterocycles. The quantitative estimate of drug-likeness (QED) is 0.669. The summed E-state index contributed by atoms with van der Waals surface area (Å²) in [5.41, 5.74) is 7.05. The topological polar surface area (TPSA) is 38.5 Å². The molecular weight excluding hydrogens is 275 g/mol.